The molecule has 7 nitrogen and oxygen atoms in total. The minimum atomic E-state index is -0.429. The number of aryl methyl sites for hydroxylation is 2. The Bertz CT molecular complexity index is 1710. The molecule has 10 heteroatoms. The Kier molecular flexibility index (Phi) is 7.28. The fraction of sp³-hybridized carbons (Fsp3) is 0.0714. The zero-order chi connectivity index (χ0) is 26.8. The van der Waals surface area contributed by atoms with Gasteiger partial charge in [0.2, 0.25) is 5.91 Å². The summed E-state index contributed by atoms with van der Waals surface area (Å²) >= 11 is 17.9. The highest BCUT2D eigenvalue weighted by molar-refractivity contribution is 7.80. The van der Waals surface area contributed by atoms with E-state index in [-0.39, 0.29) is 5.11 Å². The zero-order valence-electron chi connectivity index (χ0n) is 20.3. The van der Waals surface area contributed by atoms with Crippen molar-refractivity contribution < 1.29 is 9.21 Å². The third-order valence-electron chi connectivity index (χ3n) is 5.70. The molecule has 1 amide bonds. The van der Waals surface area contributed by atoms with E-state index < -0.39 is 5.91 Å². The summed E-state index contributed by atoms with van der Waals surface area (Å²) in [5.74, 6) is 0.728. The van der Waals surface area contributed by atoms with Gasteiger partial charge in [0.1, 0.15) is 22.6 Å². The number of nitrogens with zero attached hydrogens (tertiary/aromatic N) is 3. The largest absolute Gasteiger partial charge is 0.457 e. The van der Waals surface area contributed by atoms with Crippen molar-refractivity contribution in [3.05, 3.63) is 99.7 Å². The van der Waals surface area contributed by atoms with Crippen molar-refractivity contribution in [2.45, 2.75) is 13.8 Å². The van der Waals surface area contributed by atoms with Crippen LogP contribution < -0.4 is 10.6 Å². The molecule has 0 unspecified atom stereocenters. The molecule has 0 fully saturated rings. The molecule has 0 atom stereocenters. The van der Waals surface area contributed by atoms with Crippen molar-refractivity contribution in [1.82, 2.24) is 20.3 Å². The number of thiocarbonyl (C=S) groups is 1. The molecule has 0 aliphatic rings. The fourth-order valence-corrected chi connectivity index (χ4v) is 4.23. The van der Waals surface area contributed by atoms with Gasteiger partial charge in [-0.3, -0.25) is 10.1 Å². The molecule has 0 aliphatic heterocycles. The summed E-state index contributed by atoms with van der Waals surface area (Å²) < 4.78 is 5.81. The lowest BCUT2D eigenvalue weighted by atomic mass is 10.1. The predicted molar refractivity (Wildman–Crippen MR) is 156 cm³/mol. The SMILES string of the molecule is Cc1ccc(-n2nc3cc(Cl)c(NC(=S)NC(=O)/C=C/c4ccc(-c5ccc(C)c(Cl)c5)o4)cc3n2)cc1. The lowest BCUT2D eigenvalue weighted by Crippen LogP contribution is -2.32. The minimum absolute atomic E-state index is 0.0845. The number of nitrogens with one attached hydrogen (secondary N) is 2. The molecule has 5 rings (SSSR count). The molecule has 2 N–H and O–H groups in total. The normalized spacial score (nSPS) is 11.3. The van der Waals surface area contributed by atoms with Crippen LogP contribution in [0.15, 0.2) is 77.2 Å². The maximum atomic E-state index is 12.4. The highest BCUT2D eigenvalue weighted by Gasteiger charge is 2.12. The summed E-state index contributed by atoms with van der Waals surface area (Å²) in [5, 5.41) is 15.7. The molecule has 0 saturated carbocycles. The highest BCUT2D eigenvalue weighted by Crippen LogP contribution is 2.28. The van der Waals surface area contributed by atoms with Crippen LogP contribution in [0.3, 0.4) is 0 Å². The molecule has 0 radical (unpaired) electrons. The Morgan fingerprint density at radius 2 is 1.68 bits per heavy atom. The lowest BCUT2D eigenvalue weighted by Gasteiger charge is -2.09. The van der Waals surface area contributed by atoms with E-state index in [0.717, 1.165) is 22.4 Å². The fourth-order valence-electron chi connectivity index (χ4n) is 3.64. The number of aromatic nitrogens is 3. The van der Waals surface area contributed by atoms with Crippen molar-refractivity contribution in [2.75, 3.05) is 5.32 Å². The Balaban J connectivity index is 1.23. The number of halogens is 2. The van der Waals surface area contributed by atoms with Gasteiger partial charge < -0.3 is 9.73 Å². The van der Waals surface area contributed by atoms with E-state index in [0.29, 0.717) is 38.3 Å². The molecule has 0 spiro atoms. The number of carbonyl (C=O) groups is 1. The molecule has 38 heavy (non-hydrogen) atoms. The molecule has 0 saturated heterocycles. The van der Waals surface area contributed by atoms with E-state index in [1.807, 2.05) is 62.4 Å². The van der Waals surface area contributed by atoms with Gasteiger partial charge in [-0.15, -0.1) is 10.2 Å². The maximum Gasteiger partial charge on any atom is 0.250 e. The third-order valence-corrected chi connectivity index (χ3v) is 6.63. The standard InChI is InChI=1S/C28H21Cl2N5O2S/c1-16-3-7-19(8-4-16)35-33-24-14-22(30)23(15-25(24)34-35)31-28(38)32-27(36)12-10-20-9-11-26(37-20)18-6-5-17(2)21(29)13-18/h3-15H,1-2H3,(H2,31,32,36,38)/b12-10+. The number of amides is 1. The van der Waals surface area contributed by atoms with E-state index in [2.05, 4.69) is 20.8 Å². The van der Waals surface area contributed by atoms with Gasteiger partial charge in [-0.2, -0.15) is 4.80 Å². The van der Waals surface area contributed by atoms with Crippen LogP contribution in [0.2, 0.25) is 10.0 Å². The van der Waals surface area contributed by atoms with Gasteiger partial charge >= 0.3 is 0 Å². The van der Waals surface area contributed by atoms with Crippen molar-refractivity contribution in [3.8, 4) is 17.0 Å². The Morgan fingerprint density at radius 1 is 0.947 bits per heavy atom. The van der Waals surface area contributed by atoms with Gasteiger partial charge in [-0.1, -0.05) is 53.0 Å². The molecular formula is C28H21Cl2N5O2S. The molecular weight excluding hydrogens is 541 g/mol. The van der Waals surface area contributed by atoms with Crippen molar-refractivity contribution >= 4 is 69.2 Å². The van der Waals surface area contributed by atoms with Crippen LogP contribution in [0, 0.1) is 13.8 Å². The maximum absolute atomic E-state index is 12.4. The number of rotatable bonds is 5. The molecule has 2 aromatic heterocycles. The van der Waals surface area contributed by atoms with E-state index in [1.54, 1.807) is 29.1 Å². The second kappa shape index (κ2) is 10.8. The van der Waals surface area contributed by atoms with Crippen LogP contribution in [-0.4, -0.2) is 26.0 Å². The summed E-state index contributed by atoms with van der Waals surface area (Å²) in [6.45, 7) is 3.95. The first-order chi connectivity index (χ1) is 18.2. The highest BCUT2D eigenvalue weighted by atomic mass is 35.5. The van der Waals surface area contributed by atoms with Gasteiger partial charge in [0.25, 0.3) is 0 Å². The number of furan rings is 1. The summed E-state index contributed by atoms with van der Waals surface area (Å²) in [4.78, 5) is 14.0. The molecule has 0 aliphatic carbocycles. The first kappa shape index (κ1) is 25.7. The summed E-state index contributed by atoms with van der Waals surface area (Å²) in [7, 11) is 0. The van der Waals surface area contributed by atoms with E-state index >= 15 is 0 Å². The number of hydrogen-bond donors (Lipinski definition) is 2. The molecule has 3 aromatic carbocycles. The zero-order valence-corrected chi connectivity index (χ0v) is 22.7. The topological polar surface area (TPSA) is 85.0 Å². The van der Waals surface area contributed by atoms with E-state index in [9.17, 15) is 4.79 Å². The Hall–Kier alpha value is -3.98. The number of anilines is 1. The molecule has 5 aromatic rings. The van der Waals surface area contributed by atoms with Crippen LogP contribution in [0.1, 0.15) is 16.9 Å². The minimum Gasteiger partial charge on any atom is -0.457 e. The van der Waals surface area contributed by atoms with Gasteiger partial charge in [0, 0.05) is 16.7 Å². The van der Waals surface area contributed by atoms with Crippen LogP contribution in [-0.2, 0) is 4.79 Å². The van der Waals surface area contributed by atoms with Gasteiger partial charge in [-0.05, 0) is 80.2 Å². The molecule has 0 bridgehead atoms. The van der Waals surface area contributed by atoms with Crippen LogP contribution >= 0.6 is 35.4 Å². The lowest BCUT2D eigenvalue weighted by molar-refractivity contribution is -0.115. The van der Waals surface area contributed by atoms with Gasteiger partial charge in [0.05, 0.1) is 16.4 Å². The van der Waals surface area contributed by atoms with Crippen molar-refractivity contribution in [2.24, 2.45) is 0 Å². The first-order valence-electron chi connectivity index (χ1n) is 11.6. The van der Waals surface area contributed by atoms with Crippen LogP contribution in [0.25, 0.3) is 34.1 Å². The average Bonchev–Trinajstić information content (AvgIpc) is 3.52. The van der Waals surface area contributed by atoms with Gasteiger partial charge in [0.15, 0.2) is 5.11 Å². The van der Waals surface area contributed by atoms with Gasteiger partial charge in [-0.25, -0.2) is 0 Å². The summed E-state index contributed by atoms with van der Waals surface area (Å²) in [6, 6.07) is 20.5. The van der Waals surface area contributed by atoms with Crippen LogP contribution in [0.4, 0.5) is 5.69 Å². The average molecular weight is 562 g/mol. The monoisotopic (exact) mass is 561 g/mol. The molecule has 2 heterocycles. The predicted octanol–water partition coefficient (Wildman–Crippen LogP) is 7.13. The van der Waals surface area contributed by atoms with Crippen molar-refractivity contribution in [1.29, 1.82) is 0 Å². The number of hydrogen-bond acceptors (Lipinski definition) is 5. The second-order valence-corrected chi connectivity index (χ2v) is 9.81. The summed E-state index contributed by atoms with van der Waals surface area (Å²) in [6.07, 6.45) is 2.89. The second-order valence-electron chi connectivity index (χ2n) is 8.59. The quantitative estimate of drug-likeness (QED) is 0.175. The third kappa shape index (κ3) is 5.78. The number of fused-ring (bicyclic) bond motifs is 1. The number of carbonyl (C=O) groups excluding carboxylic acids is 1. The summed E-state index contributed by atoms with van der Waals surface area (Å²) in [5.41, 5.74) is 5.56. The molecule has 190 valence electrons. The van der Waals surface area contributed by atoms with E-state index in [1.165, 1.54) is 6.08 Å². The van der Waals surface area contributed by atoms with Crippen molar-refractivity contribution in [3.63, 3.8) is 0 Å². The Morgan fingerprint density at radius 3 is 2.42 bits per heavy atom. The first-order valence-corrected chi connectivity index (χ1v) is 12.7. The Labute approximate surface area is 234 Å². The van der Waals surface area contributed by atoms with Crippen LogP contribution in [0.5, 0.6) is 0 Å². The number of benzene rings is 3. The smallest absolute Gasteiger partial charge is 0.250 e. The van der Waals surface area contributed by atoms with E-state index in [4.69, 9.17) is 39.8 Å².